The van der Waals surface area contributed by atoms with Crippen molar-refractivity contribution in [1.29, 1.82) is 0 Å². The minimum Gasteiger partial charge on any atom is -0.466 e. The Morgan fingerprint density at radius 2 is 2.00 bits per heavy atom. The Bertz CT molecular complexity index is 850. The molecule has 0 saturated carbocycles. The van der Waals surface area contributed by atoms with E-state index in [-0.39, 0.29) is 0 Å². The fraction of sp³-hybridized carbons (Fsp3) is 0.333. The molecule has 1 aliphatic heterocycles. The quantitative estimate of drug-likeness (QED) is 0.734. The maximum absolute atomic E-state index is 5.87. The van der Waals surface area contributed by atoms with Gasteiger partial charge in [-0.05, 0) is 44.9 Å². The Morgan fingerprint density at radius 1 is 1.17 bits per heavy atom. The van der Waals surface area contributed by atoms with Gasteiger partial charge in [-0.3, -0.25) is 0 Å². The lowest BCUT2D eigenvalue weighted by Crippen LogP contribution is -2.28. The average molecular weight is 309 g/mol. The molecule has 1 aromatic carbocycles. The number of benzene rings is 1. The first-order valence-corrected chi connectivity index (χ1v) is 7.86. The second kappa shape index (κ2) is 5.26. The van der Waals surface area contributed by atoms with Crippen LogP contribution < -0.4 is 4.90 Å². The molecule has 3 heterocycles. The molecule has 3 aromatic rings. The number of aromatic nitrogens is 2. The van der Waals surface area contributed by atoms with Gasteiger partial charge >= 0.3 is 0 Å². The van der Waals surface area contributed by atoms with E-state index < -0.39 is 0 Å². The fourth-order valence-electron chi connectivity index (χ4n) is 3.29. The molecule has 0 radical (unpaired) electrons. The fourth-order valence-corrected chi connectivity index (χ4v) is 3.29. The molecule has 5 nitrogen and oxygen atoms in total. The van der Waals surface area contributed by atoms with E-state index in [4.69, 9.17) is 8.83 Å². The van der Waals surface area contributed by atoms with Crippen LogP contribution in [-0.4, -0.2) is 16.2 Å². The van der Waals surface area contributed by atoms with Gasteiger partial charge < -0.3 is 13.7 Å². The molecular formula is C18H19N3O2. The summed E-state index contributed by atoms with van der Waals surface area (Å²) < 4.78 is 11.4. The van der Waals surface area contributed by atoms with Gasteiger partial charge in [0.1, 0.15) is 11.5 Å². The van der Waals surface area contributed by atoms with E-state index >= 15 is 0 Å². The Morgan fingerprint density at radius 3 is 2.78 bits per heavy atom. The maximum atomic E-state index is 5.87. The van der Waals surface area contributed by atoms with Gasteiger partial charge in [0.15, 0.2) is 0 Å². The number of fused-ring (bicyclic) bond motifs is 1. The normalized spacial score (nSPS) is 16.8. The molecule has 2 aromatic heterocycles. The second-order valence-electron chi connectivity index (χ2n) is 6.14. The molecule has 4 rings (SSSR count). The Hall–Kier alpha value is -2.56. The van der Waals surface area contributed by atoms with Gasteiger partial charge in [-0.25, -0.2) is 0 Å². The number of rotatable bonds is 3. The van der Waals surface area contributed by atoms with Crippen molar-refractivity contribution in [2.75, 3.05) is 4.90 Å². The third kappa shape index (κ3) is 2.42. The summed E-state index contributed by atoms with van der Waals surface area (Å²) in [6.45, 7) is 6.67. The maximum Gasteiger partial charge on any atom is 0.251 e. The molecule has 5 heteroatoms. The first-order chi connectivity index (χ1) is 11.1. The van der Waals surface area contributed by atoms with E-state index in [0.29, 0.717) is 24.4 Å². The Balaban J connectivity index is 1.60. The van der Waals surface area contributed by atoms with Crippen molar-refractivity contribution in [1.82, 2.24) is 10.2 Å². The highest BCUT2D eigenvalue weighted by atomic mass is 16.4. The highest BCUT2D eigenvalue weighted by molar-refractivity contribution is 5.59. The summed E-state index contributed by atoms with van der Waals surface area (Å²) in [4.78, 5) is 2.32. The lowest BCUT2D eigenvalue weighted by atomic mass is 10.1. The van der Waals surface area contributed by atoms with Crippen molar-refractivity contribution in [2.24, 2.45) is 0 Å². The lowest BCUT2D eigenvalue weighted by Gasteiger charge is -2.22. The van der Waals surface area contributed by atoms with E-state index in [9.17, 15) is 0 Å². The van der Waals surface area contributed by atoms with Crippen molar-refractivity contribution >= 4 is 5.69 Å². The van der Waals surface area contributed by atoms with Crippen LogP contribution >= 0.6 is 0 Å². The number of hydrogen-bond acceptors (Lipinski definition) is 5. The topological polar surface area (TPSA) is 55.3 Å². The van der Waals surface area contributed by atoms with Crippen molar-refractivity contribution in [3.63, 3.8) is 0 Å². The third-order valence-electron chi connectivity index (χ3n) is 4.39. The van der Waals surface area contributed by atoms with Crippen molar-refractivity contribution in [3.8, 4) is 11.5 Å². The van der Waals surface area contributed by atoms with E-state index in [1.165, 1.54) is 11.3 Å². The highest BCUT2D eigenvalue weighted by Gasteiger charge is 2.27. The third-order valence-corrected chi connectivity index (χ3v) is 4.39. The van der Waals surface area contributed by atoms with Gasteiger partial charge in [-0.15, -0.1) is 10.2 Å². The van der Waals surface area contributed by atoms with Gasteiger partial charge in [0, 0.05) is 11.7 Å². The van der Waals surface area contributed by atoms with Crippen LogP contribution in [0.4, 0.5) is 5.69 Å². The molecule has 0 N–H and O–H groups in total. The number of furan rings is 1. The van der Waals surface area contributed by atoms with Gasteiger partial charge in [-0.2, -0.15) is 0 Å². The summed E-state index contributed by atoms with van der Waals surface area (Å²) >= 11 is 0. The monoisotopic (exact) mass is 309 g/mol. The van der Waals surface area contributed by atoms with Crippen LogP contribution in [0, 0.1) is 13.8 Å². The molecule has 1 unspecified atom stereocenters. The zero-order valence-electron chi connectivity index (χ0n) is 13.5. The van der Waals surface area contributed by atoms with Crippen molar-refractivity contribution in [3.05, 3.63) is 53.3 Å². The summed E-state index contributed by atoms with van der Waals surface area (Å²) in [6.07, 6.45) is 1.05. The Labute approximate surface area is 134 Å². The summed E-state index contributed by atoms with van der Waals surface area (Å²) in [6, 6.07) is 10.9. The molecule has 0 fully saturated rings. The van der Waals surface area contributed by atoms with Gasteiger partial charge in [-0.1, -0.05) is 18.2 Å². The van der Waals surface area contributed by atoms with Crippen LogP contribution in [0.15, 0.2) is 39.2 Å². The molecule has 0 spiro atoms. The second-order valence-corrected chi connectivity index (χ2v) is 6.14. The molecule has 1 aliphatic rings. The first-order valence-electron chi connectivity index (χ1n) is 7.86. The van der Waals surface area contributed by atoms with E-state index in [1.54, 1.807) is 0 Å². The zero-order chi connectivity index (χ0) is 16.0. The van der Waals surface area contributed by atoms with Gasteiger partial charge in [0.2, 0.25) is 5.89 Å². The van der Waals surface area contributed by atoms with Crippen molar-refractivity contribution < 1.29 is 8.83 Å². The molecule has 1 atom stereocenters. The minimum absolute atomic E-state index is 0.431. The number of para-hydroxylation sites is 1. The SMILES string of the molecule is Cc1cc(-c2nnc(CN3c4ccccc4CC3C)o2)c(C)o1. The Kier molecular flexibility index (Phi) is 3.22. The summed E-state index contributed by atoms with van der Waals surface area (Å²) in [5, 5.41) is 8.39. The van der Waals surface area contributed by atoms with E-state index in [2.05, 4.69) is 46.3 Å². The lowest BCUT2D eigenvalue weighted by molar-refractivity contribution is 0.483. The number of aryl methyl sites for hydroxylation is 2. The van der Waals surface area contributed by atoms with Crippen LogP contribution in [0.1, 0.15) is 29.9 Å². The minimum atomic E-state index is 0.431. The van der Waals surface area contributed by atoms with Crippen LogP contribution in [0.25, 0.3) is 11.5 Å². The molecule has 0 bridgehead atoms. The predicted octanol–water partition coefficient (Wildman–Crippen LogP) is 3.90. The summed E-state index contributed by atoms with van der Waals surface area (Å²) in [5.74, 6) is 2.80. The molecule has 0 aliphatic carbocycles. The van der Waals surface area contributed by atoms with Gasteiger partial charge in [0.05, 0.1) is 12.1 Å². The van der Waals surface area contributed by atoms with E-state index in [1.807, 2.05) is 19.9 Å². The zero-order valence-corrected chi connectivity index (χ0v) is 13.5. The van der Waals surface area contributed by atoms with Gasteiger partial charge in [0.25, 0.3) is 5.89 Å². The molecule has 0 amide bonds. The number of nitrogens with zero attached hydrogens (tertiary/aromatic N) is 3. The predicted molar refractivity (Wildman–Crippen MR) is 87.3 cm³/mol. The molecule has 118 valence electrons. The average Bonchev–Trinajstić information content (AvgIpc) is 3.19. The number of anilines is 1. The molecule has 0 saturated heterocycles. The summed E-state index contributed by atoms with van der Waals surface area (Å²) in [5.41, 5.74) is 3.51. The molecular weight excluding hydrogens is 290 g/mol. The van der Waals surface area contributed by atoms with E-state index in [0.717, 1.165) is 23.5 Å². The number of hydrogen-bond donors (Lipinski definition) is 0. The smallest absolute Gasteiger partial charge is 0.251 e. The summed E-state index contributed by atoms with van der Waals surface area (Å²) in [7, 11) is 0. The van der Waals surface area contributed by atoms with Crippen LogP contribution in [0.3, 0.4) is 0 Å². The molecule has 23 heavy (non-hydrogen) atoms. The largest absolute Gasteiger partial charge is 0.466 e. The van der Waals surface area contributed by atoms with Crippen LogP contribution in [0.2, 0.25) is 0 Å². The highest BCUT2D eigenvalue weighted by Crippen LogP contribution is 2.33. The van der Waals surface area contributed by atoms with Crippen LogP contribution in [0.5, 0.6) is 0 Å². The van der Waals surface area contributed by atoms with Crippen molar-refractivity contribution in [2.45, 2.75) is 39.8 Å². The van der Waals surface area contributed by atoms with Crippen LogP contribution in [-0.2, 0) is 13.0 Å². The first kappa shape index (κ1) is 14.1. The standard InChI is InChI=1S/C18H19N3O2/c1-11-8-14-6-4-5-7-16(14)21(11)10-17-19-20-18(23-17)15-9-12(2)22-13(15)3/h4-7,9,11H,8,10H2,1-3H3.